The third-order valence-corrected chi connectivity index (χ3v) is 2.29. The molecule has 1 heterocycles. The van der Waals surface area contributed by atoms with Gasteiger partial charge in [-0.25, -0.2) is 4.98 Å². The van der Waals surface area contributed by atoms with Crippen molar-refractivity contribution in [1.82, 2.24) is 9.97 Å². The molecule has 0 aliphatic carbocycles. The number of ether oxygens (including phenoxy) is 1. The molecule has 0 amide bonds. The first-order chi connectivity index (χ1) is 8.20. The Hall–Kier alpha value is -2.12. The van der Waals surface area contributed by atoms with Crippen LogP contribution in [-0.4, -0.2) is 9.97 Å². The van der Waals surface area contributed by atoms with Crippen molar-refractivity contribution >= 4 is 11.6 Å². The van der Waals surface area contributed by atoms with Crippen molar-refractivity contribution in [1.29, 1.82) is 5.26 Å². The monoisotopic (exact) mass is 245 g/mol. The number of aromatic nitrogens is 2. The van der Waals surface area contributed by atoms with Gasteiger partial charge in [0.15, 0.2) is 0 Å². The molecular formula is C12H8ClN3O. The zero-order valence-corrected chi connectivity index (χ0v) is 9.77. The Balaban J connectivity index is 2.38. The number of aryl methyl sites for hydroxylation is 1. The molecular weight excluding hydrogens is 238 g/mol. The second-order valence-corrected chi connectivity index (χ2v) is 3.68. The first kappa shape index (κ1) is 11.4. The first-order valence-electron chi connectivity index (χ1n) is 4.87. The van der Waals surface area contributed by atoms with Crippen LogP contribution in [0.15, 0.2) is 30.5 Å². The Labute approximate surface area is 103 Å². The van der Waals surface area contributed by atoms with E-state index in [1.807, 2.05) is 6.07 Å². The summed E-state index contributed by atoms with van der Waals surface area (Å²) in [5, 5.41) is 9.04. The Bertz CT molecular complexity index is 593. The molecule has 0 N–H and O–H groups in total. The van der Waals surface area contributed by atoms with Gasteiger partial charge in [0.1, 0.15) is 11.8 Å². The Morgan fingerprint density at radius 3 is 2.88 bits per heavy atom. The highest BCUT2D eigenvalue weighted by molar-refractivity contribution is 6.28. The molecule has 1 aromatic carbocycles. The number of hydrogen-bond donors (Lipinski definition) is 0. The van der Waals surface area contributed by atoms with Gasteiger partial charge >= 0.3 is 0 Å². The van der Waals surface area contributed by atoms with Crippen LogP contribution < -0.4 is 4.74 Å². The molecule has 0 aliphatic heterocycles. The molecule has 0 unspecified atom stereocenters. The summed E-state index contributed by atoms with van der Waals surface area (Å²) in [5.74, 6) is 0.806. The number of halogens is 1. The van der Waals surface area contributed by atoms with Gasteiger partial charge in [-0.2, -0.15) is 10.2 Å². The largest absolute Gasteiger partial charge is 0.437 e. The molecule has 4 nitrogen and oxygen atoms in total. The van der Waals surface area contributed by atoms with Crippen LogP contribution in [0, 0.1) is 18.3 Å². The van der Waals surface area contributed by atoms with Crippen molar-refractivity contribution in [3.63, 3.8) is 0 Å². The molecule has 0 saturated heterocycles. The normalized spacial score (nSPS) is 9.71. The molecule has 0 atom stereocenters. The molecule has 0 fully saturated rings. The maximum atomic E-state index is 8.93. The first-order valence-corrected chi connectivity index (χ1v) is 5.24. The van der Waals surface area contributed by atoms with E-state index in [-0.39, 0.29) is 5.28 Å². The molecule has 1 aromatic heterocycles. The number of benzene rings is 1. The second kappa shape index (κ2) is 4.81. The zero-order valence-electron chi connectivity index (χ0n) is 9.01. The van der Waals surface area contributed by atoms with Crippen molar-refractivity contribution in [3.8, 4) is 17.7 Å². The Morgan fingerprint density at radius 2 is 2.12 bits per heavy atom. The summed E-state index contributed by atoms with van der Waals surface area (Å²) in [4.78, 5) is 7.80. The van der Waals surface area contributed by atoms with Gasteiger partial charge in [0.25, 0.3) is 0 Å². The lowest BCUT2D eigenvalue weighted by Gasteiger charge is -2.08. The summed E-state index contributed by atoms with van der Waals surface area (Å²) in [5.41, 5.74) is 1.20. The fraction of sp³-hybridized carbons (Fsp3) is 0.0833. The zero-order chi connectivity index (χ0) is 12.3. The van der Waals surface area contributed by atoms with Crippen molar-refractivity contribution in [2.45, 2.75) is 6.92 Å². The van der Waals surface area contributed by atoms with Crippen molar-refractivity contribution in [3.05, 3.63) is 46.9 Å². The molecule has 17 heavy (non-hydrogen) atoms. The minimum absolute atomic E-state index is 0.111. The van der Waals surface area contributed by atoms with E-state index in [4.69, 9.17) is 21.6 Å². The lowest BCUT2D eigenvalue weighted by Crippen LogP contribution is -1.95. The highest BCUT2D eigenvalue weighted by Gasteiger charge is 2.08. The highest BCUT2D eigenvalue weighted by Crippen LogP contribution is 2.25. The number of nitrogens with zero attached hydrogens (tertiary/aromatic N) is 3. The van der Waals surface area contributed by atoms with E-state index in [0.717, 1.165) is 5.56 Å². The second-order valence-electron chi connectivity index (χ2n) is 3.34. The smallest absolute Gasteiger partial charge is 0.226 e. The average Bonchev–Trinajstić information content (AvgIpc) is 2.34. The lowest BCUT2D eigenvalue weighted by molar-refractivity contribution is 0.456. The van der Waals surface area contributed by atoms with E-state index in [1.54, 1.807) is 37.4 Å². The number of rotatable bonds is 2. The van der Waals surface area contributed by atoms with Crippen LogP contribution in [0.5, 0.6) is 11.6 Å². The molecule has 2 rings (SSSR count). The van der Waals surface area contributed by atoms with Crippen LogP contribution in [-0.2, 0) is 0 Å². The molecule has 0 bridgehead atoms. The van der Waals surface area contributed by atoms with Gasteiger partial charge in [-0.3, -0.25) is 0 Å². The highest BCUT2D eigenvalue weighted by atomic mass is 35.5. The Morgan fingerprint density at radius 1 is 1.35 bits per heavy atom. The third-order valence-electron chi connectivity index (χ3n) is 2.11. The van der Waals surface area contributed by atoms with E-state index in [9.17, 15) is 0 Å². The summed E-state index contributed by atoms with van der Waals surface area (Å²) in [6.07, 6.45) is 1.57. The average molecular weight is 246 g/mol. The fourth-order valence-corrected chi connectivity index (χ4v) is 1.39. The predicted octanol–water partition coefficient (Wildman–Crippen LogP) is 3.10. The topological polar surface area (TPSA) is 58.8 Å². The predicted molar refractivity (Wildman–Crippen MR) is 63.0 cm³/mol. The van der Waals surface area contributed by atoms with Crippen LogP contribution >= 0.6 is 11.6 Å². The third kappa shape index (κ3) is 2.52. The van der Waals surface area contributed by atoms with Crippen LogP contribution in [0.1, 0.15) is 11.1 Å². The minimum atomic E-state index is 0.111. The molecule has 5 heteroatoms. The molecule has 2 aromatic rings. The summed E-state index contributed by atoms with van der Waals surface area (Å²) in [6.45, 7) is 1.81. The van der Waals surface area contributed by atoms with Crippen molar-refractivity contribution in [2.24, 2.45) is 0 Å². The summed E-state index contributed by atoms with van der Waals surface area (Å²) < 4.78 is 5.55. The Kier molecular flexibility index (Phi) is 3.22. The van der Waals surface area contributed by atoms with Crippen molar-refractivity contribution < 1.29 is 4.74 Å². The van der Waals surface area contributed by atoms with Crippen LogP contribution in [0.3, 0.4) is 0 Å². The van der Waals surface area contributed by atoms with Gasteiger partial charge in [0.2, 0.25) is 11.2 Å². The maximum absolute atomic E-state index is 8.93. The molecule has 0 aliphatic rings. The molecule has 0 radical (unpaired) electrons. The summed E-state index contributed by atoms with van der Waals surface area (Å²) in [6, 6.07) is 8.98. The van der Waals surface area contributed by atoms with Crippen LogP contribution in [0.25, 0.3) is 0 Å². The van der Waals surface area contributed by atoms with Crippen LogP contribution in [0.2, 0.25) is 5.28 Å². The maximum Gasteiger partial charge on any atom is 0.226 e. The van der Waals surface area contributed by atoms with E-state index in [2.05, 4.69) is 9.97 Å². The van der Waals surface area contributed by atoms with Crippen LogP contribution in [0.4, 0.5) is 0 Å². The van der Waals surface area contributed by atoms with E-state index in [0.29, 0.717) is 17.2 Å². The quantitative estimate of drug-likeness (QED) is 0.763. The van der Waals surface area contributed by atoms with E-state index < -0.39 is 0 Å². The summed E-state index contributed by atoms with van der Waals surface area (Å²) in [7, 11) is 0. The van der Waals surface area contributed by atoms with Gasteiger partial charge < -0.3 is 4.74 Å². The number of nitriles is 1. The van der Waals surface area contributed by atoms with Gasteiger partial charge in [-0.1, -0.05) is 12.1 Å². The number of hydrogen-bond acceptors (Lipinski definition) is 4. The SMILES string of the molecule is Cc1cnc(Cl)nc1Oc1ccccc1C#N. The molecule has 0 spiro atoms. The van der Waals surface area contributed by atoms with E-state index in [1.165, 1.54) is 0 Å². The van der Waals surface area contributed by atoms with Gasteiger partial charge in [0.05, 0.1) is 5.56 Å². The number of para-hydroxylation sites is 1. The fourth-order valence-electron chi connectivity index (χ4n) is 1.26. The van der Waals surface area contributed by atoms with Gasteiger partial charge in [-0.05, 0) is 30.7 Å². The van der Waals surface area contributed by atoms with Crippen molar-refractivity contribution in [2.75, 3.05) is 0 Å². The lowest BCUT2D eigenvalue weighted by atomic mass is 10.2. The van der Waals surface area contributed by atoms with Gasteiger partial charge in [0, 0.05) is 11.8 Å². The molecule has 0 saturated carbocycles. The standard InChI is InChI=1S/C12H8ClN3O/c1-8-7-15-12(13)16-11(8)17-10-5-3-2-4-9(10)6-14/h2-5,7H,1H3. The van der Waals surface area contributed by atoms with Gasteiger partial charge in [-0.15, -0.1) is 0 Å². The summed E-state index contributed by atoms with van der Waals surface area (Å²) >= 11 is 5.69. The molecule has 84 valence electrons. The van der Waals surface area contributed by atoms with E-state index >= 15 is 0 Å². The minimum Gasteiger partial charge on any atom is -0.437 e.